The van der Waals surface area contributed by atoms with Crippen molar-refractivity contribution in [1.82, 2.24) is 10.6 Å². The normalized spacial score (nSPS) is 12.1. The molecule has 94 valence electrons. The molecule has 5 nitrogen and oxygen atoms in total. The van der Waals surface area contributed by atoms with Crippen LogP contribution >= 0.6 is 12.6 Å². The second kappa shape index (κ2) is 9.47. The number of hydrogen-bond donors (Lipinski definition) is 4. The first-order valence-corrected chi connectivity index (χ1v) is 6.08. The molecule has 0 fully saturated rings. The van der Waals surface area contributed by atoms with E-state index < -0.39 is 12.0 Å². The Kier molecular flexibility index (Phi) is 9.03. The van der Waals surface area contributed by atoms with Crippen LogP contribution in [0.1, 0.15) is 26.2 Å². The molecular weight excluding hydrogens is 228 g/mol. The first-order chi connectivity index (χ1) is 7.61. The van der Waals surface area contributed by atoms with Crippen molar-refractivity contribution in [2.45, 2.75) is 32.2 Å². The predicted molar refractivity (Wildman–Crippen MR) is 65.8 cm³/mol. The summed E-state index contributed by atoms with van der Waals surface area (Å²) < 4.78 is 0. The van der Waals surface area contributed by atoms with Crippen molar-refractivity contribution in [2.75, 3.05) is 18.8 Å². The second-order valence-corrected chi connectivity index (χ2v) is 3.87. The lowest BCUT2D eigenvalue weighted by Gasteiger charge is -2.15. The fraction of sp³-hybridized carbons (Fsp3) is 0.800. The summed E-state index contributed by atoms with van der Waals surface area (Å²) in [5.74, 6) is -0.997. The molecule has 0 aromatic carbocycles. The SMILES string of the molecule is CCCCCN[C@H](CS)C(=O)NCC(=O)O. The van der Waals surface area contributed by atoms with Crippen LogP contribution in [0.3, 0.4) is 0 Å². The molecule has 0 bridgehead atoms. The number of carbonyl (C=O) groups excluding carboxylic acids is 1. The largest absolute Gasteiger partial charge is 0.480 e. The smallest absolute Gasteiger partial charge is 0.322 e. The monoisotopic (exact) mass is 248 g/mol. The van der Waals surface area contributed by atoms with Gasteiger partial charge in [-0.05, 0) is 13.0 Å². The second-order valence-electron chi connectivity index (χ2n) is 3.51. The molecule has 0 saturated carbocycles. The molecule has 0 aromatic heterocycles. The Bertz CT molecular complexity index is 224. The molecule has 6 heteroatoms. The lowest BCUT2D eigenvalue weighted by molar-refractivity contribution is -0.138. The maximum absolute atomic E-state index is 11.5. The number of carboxylic acid groups (broad SMARTS) is 1. The maximum atomic E-state index is 11.5. The number of rotatable bonds is 9. The third-order valence-corrected chi connectivity index (χ3v) is 2.45. The van der Waals surface area contributed by atoms with Crippen molar-refractivity contribution >= 4 is 24.5 Å². The van der Waals surface area contributed by atoms with Gasteiger partial charge in [0.25, 0.3) is 0 Å². The molecule has 0 spiro atoms. The van der Waals surface area contributed by atoms with Gasteiger partial charge in [0.1, 0.15) is 6.54 Å². The number of hydrogen-bond acceptors (Lipinski definition) is 4. The number of carbonyl (C=O) groups is 2. The van der Waals surface area contributed by atoms with E-state index in [0.717, 1.165) is 25.8 Å². The van der Waals surface area contributed by atoms with Gasteiger partial charge in [-0.2, -0.15) is 12.6 Å². The summed E-state index contributed by atoms with van der Waals surface area (Å²) in [5.41, 5.74) is 0. The minimum absolute atomic E-state index is 0.311. The highest BCUT2D eigenvalue weighted by molar-refractivity contribution is 7.80. The van der Waals surface area contributed by atoms with Crippen molar-refractivity contribution in [2.24, 2.45) is 0 Å². The average molecular weight is 248 g/mol. The van der Waals surface area contributed by atoms with E-state index in [2.05, 4.69) is 30.2 Å². The molecule has 3 N–H and O–H groups in total. The van der Waals surface area contributed by atoms with Crippen LogP contribution in [0.25, 0.3) is 0 Å². The zero-order chi connectivity index (χ0) is 12.4. The van der Waals surface area contributed by atoms with Gasteiger partial charge < -0.3 is 15.7 Å². The molecule has 0 unspecified atom stereocenters. The number of unbranched alkanes of at least 4 members (excludes halogenated alkanes) is 2. The fourth-order valence-electron chi connectivity index (χ4n) is 1.18. The standard InChI is InChI=1S/C10H20N2O3S/c1-2-3-4-5-11-8(7-16)10(15)12-6-9(13)14/h8,11,16H,2-7H2,1H3,(H,12,15)(H,13,14)/t8-/m1/s1. The number of nitrogens with one attached hydrogen (secondary N) is 2. The molecule has 0 radical (unpaired) electrons. The lowest BCUT2D eigenvalue weighted by atomic mass is 10.2. The summed E-state index contributed by atoms with van der Waals surface area (Å²) in [6, 6.07) is -0.417. The number of thiol groups is 1. The Morgan fingerprint density at radius 3 is 2.56 bits per heavy atom. The minimum Gasteiger partial charge on any atom is -0.480 e. The van der Waals surface area contributed by atoms with Crippen molar-refractivity contribution < 1.29 is 14.7 Å². The van der Waals surface area contributed by atoms with E-state index >= 15 is 0 Å². The summed E-state index contributed by atoms with van der Waals surface area (Å²) in [7, 11) is 0. The van der Waals surface area contributed by atoms with Gasteiger partial charge in [-0.15, -0.1) is 0 Å². The van der Waals surface area contributed by atoms with Crippen LogP contribution in [0.5, 0.6) is 0 Å². The van der Waals surface area contributed by atoms with E-state index in [0.29, 0.717) is 5.75 Å². The Morgan fingerprint density at radius 2 is 2.06 bits per heavy atom. The van der Waals surface area contributed by atoms with Crippen LogP contribution in [0, 0.1) is 0 Å². The van der Waals surface area contributed by atoms with E-state index in [1.807, 2.05) is 0 Å². The molecule has 16 heavy (non-hydrogen) atoms. The highest BCUT2D eigenvalue weighted by Gasteiger charge is 2.15. The van der Waals surface area contributed by atoms with Gasteiger partial charge in [0.05, 0.1) is 6.04 Å². The third-order valence-electron chi connectivity index (χ3n) is 2.08. The van der Waals surface area contributed by atoms with Crippen LogP contribution in [0.15, 0.2) is 0 Å². The zero-order valence-electron chi connectivity index (χ0n) is 9.53. The van der Waals surface area contributed by atoms with E-state index in [1.54, 1.807) is 0 Å². The summed E-state index contributed by atoms with van der Waals surface area (Å²) in [5, 5.41) is 13.8. The number of amides is 1. The summed E-state index contributed by atoms with van der Waals surface area (Å²) in [4.78, 5) is 21.7. The Morgan fingerprint density at radius 1 is 1.38 bits per heavy atom. The zero-order valence-corrected chi connectivity index (χ0v) is 10.4. The Labute approximate surface area is 101 Å². The Balaban J connectivity index is 3.78. The topological polar surface area (TPSA) is 78.4 Å². The van der Waals surface area contributed by atoms with Gasteiger partial charge in [0.2, 0.25) is 5.91 Å². The van der Waals surface area contributed by atoms with Gasteiger partial charge in [0.15, 0.2) is 0 Å². The molecule has 0 aliphatic heterocycles. The van der Waals surface area contributed by atoms with E-state index in [4.69, 9.17) is 5.11 Å². The van der Waals surface area contributed by atoms with Crippen molar-refractivity contribution in [1.29, 1.82) is 0 Å². The van der Waals surface area contributed by atoms with E-state index in [9.17, 15) is 9.59 Å². The van der Waals surface area contributed by atoms with Gasteiger partial charge in [0, 0.05) is 5.75 Å². The molecular formula is C10H20N2O3S. The first kappa shape index (κ1) is 15.2. The number of carboxylic acids is 1. The van der Waals surface area contributed by atoms with Crippen LogP contribution in [-0.4, -0.2) is 41.9 Å². The van der Waals surface area contributed by atoms with Gasteiger partial charge >= 0.3 is 5.97 Å². The van der Waals surface area contributed by atoms with Crippen molar-refractivity contribution in [3.8, 4) is 0 Å². The quantitative estimate of drug-likeness (QED) is 0.349. The summed E-state index contributed by atoms with van der Waals surface area (Å²) in [6.45, 7) is 2.51. The molecule has 0 aliphatic carbocycles. The molecule has 0 aromatic rings. The van der Waals surface area contributed by atoms with Crippen LogP contribution in [0.4, 0.5) is 0 Å². The molecule has 1 atom stereocenters. The molecule has 0 saturated heterocycles. The van der Waals surface area contributed by atoms with E-state index in [-0.39, 0.29) is 12.5 Å². The van der Waals surface area contributed by atoms with Crippen LogP contribution in [-0.2, 0) is 9.59 Å². The number of aliphatic carboxylic acids is 1. The summed E-state index contributed by atoms with van der Waals surface area (Å²) in [6.07, 6.45) is 3.24. The first-order valence-electron chi connectivity index (χ1n) is 5.45. The fourth-order valence-corrected chi connectivity index (χ4v) is 1.47. The van der Waals surface area contributed by atoms with E-state index in [1.165, 1.54) is 0 Å². The van der Waals surface area contributed by atoms with Gasteiger partial charge in [-0.25, -0.2) is 0 Å². The minimum atomic E-state index is -1.04. The van der Waals surface area contributed by atoms with Gasteiger partial charge in [-0.1, -0.05) is 19.8 Å². The van der Waals surface area contributed by atoms with Crippen molar-refractivity contribution in [3.63, 3.8) is 0 Å². The molecule has 1 amide bonds. The van der Waals surface area contributed by atoms with Gasteiger partial charge in [-0.3, -0.25) is 9.59 Å². The maximum Gasteiger partial charge on any atom is 0.322 e. The lowest BCUT2D eigenvalue weighted by Crippen LogP contribution is -2.47. The summed E-state index contributed by atoms with van der Waals surface area (Å²) >= 11 is 4.05. The molecule has 0 rings (SSSR count). The van der Waals surface area contributed by atoms with Crippen molar-refractivity contribution in [3.05, 3.63) is 0 Å². The third kappa shape index (κ3) is 7.53. The van der Waals surface area contributed by atoms with Crippen LogP contribution < -0.4 is 10.6 Å². The van der Waals surface area contributed by atoms with Crippen LogP contribution in [0.2, 0.25) is 0 Å². The Hall–Kier alpha value is -0.750. The highest BCUT2D eigenvalue weighted by atomic mass is 32.1. The molecule has 0 aliphatic rings. The highest BCUT2D eigenvalue weighted by Crippen LogP contribution is 1.94. The molecule has 0 heterocycles. The average Bonchev–Trinajstić information content (AvgIpc) is 2.26. The predicted octanol–water partition coefficient (Wildman–Crippen LogP) is 0.265.